The van der Waals surface area contributed by atoms with Crippen molar-refractivity contribution in [1.29, 1.82) is 0 Å². The van der Waals surface area contributed by atoms with Gasteiger partial charge in [0.25, 0.3) is 0 Å². The first-order valence-electron chi connectivity index (χ1n) is 6.39. The van der Waals surface area contributed by atoms with Crippen LogP contribution in [0.3, 0.4) is 0 Å². The molecule has 1 saturated heterocycles. The molecule has 0 aliphatic carbocycles. The third-order valence-corrected chi connectivity index (χ3v) is 4.87. The highest BCUT2D eigenvalue weighted by Crippen LogP contribution is 2.23. The summed E-state index contributed by atoms with van der Waals surface area (Å²) < 4.78 is 7.19. The summed E-state index contributed by atoms with van der Waals surface area (Å²) in [5, 5.41) is 5.32. The Bertz CT molecular complexity index is 372. The number of nitrogens with one attached hydrogen (secondary N) is 1. The van der Waals surface area contributed by atoms with Gasteiger partial charge < -0.3 is 10.1 Å². The van der Waals surface area contributed by atoms with Gasteiger partial charge in [-0.05, 0) is 48.9 Å². The van der Waals surface area contributed by atoms with Crippen molar-refractivity contribution < 1.29 is 4.74 Å². The Morgan fingerprint density at radius 3 is 2.94 bits per heavy atom. The Hall–Kier alpha value is 0.0600. The van der Waals surface area contributed by atoms with Crippen molar-refractivity contribution in [2.75, 3.05) is 27.2 Å². The molecule has 102 valence electrons. The summed E-state index contributed by atoms with van der Waals surface area (Å²) in [6.45, 7) is 3.00. The summed E-state index contributed by atoms with van der Waals surface area (Å²) in [5.41, 5.74) is 0. The van der Waals surface area contributed by atoms with Crippen LogP contribution in [0, 0.1) is 0 Å². The average molecular weight is 333 g/mol. The van der Waals surface area contributed by atoms with E-state index in [0.29, 0.717) is 12.2 Å². The summed E-state index contributed by atoms with van der Waals surface area (Å²) >= 11 is 5.30. The van der Waals surface area contributed by atoms with Crippen molar-refractivity contribution in [3.63, 3.8) is 0 Å². The second-order valence-electron chi connectivity index (χ2n) is 4.94. The van der Waals surface area contributed by atoms with E-state index in [1.54, 1.807) is 11.3 Å². The maximum atomic E-state index is 6.01. The maximum Gasteiger partial charge on any atom is 0.0707 e. The zero-order valence-electron chi connectivity index (χ0n) is 11.0. The number of likely N-dealkylation sites (N-methyl/N-ethyl adjacent to an activating group) is 2. The standard InChI is InChI=1S/C13H21BrN2OS/c1-15-6-11-3-4-12(17-11)7-16(2)8-13-5-10(14)9-18-13/h5,9,11-12,15H,3-4,6-8H2,1-2H3. The maximum absolute atomic E-state index is 6.01. The van der Waals surface area contributed by atoms with E-state index < -0.39 is 0 Å². The fraction of sp³-hybridized carbons (Fsp3) is 0.692. The van der Waals surface area contributed by atoms with Crippen molar-refractivity contribution in [3.8, 4) is 0 Å². The summed E-state index contributed by atoms with van der Waals surface area (Å²) in [5.74, 6) is 0. The van der Waals surface area contributed by atoms with Gasteiger partial charge in [-0.2, -0.15) is 0 Å². The fourth-order valence-electron chi connectivity index (χ4n) is 2.41. The second kappa shape index (κ2) is 7.01. The number of halogens is 1. The lowest BCUT2D eigenvalue weighted by Gasteiger charge is -2.20. The van der Waals surface area contributed by atoms with Crippen LogP contribution in [0.4, 0.5) is 0 Å². The molecule has 1 aliphatic heterocycles. The minimum Gasteiger partial charge on any atom is -0.372 e. The molecular formula is C13H21BrN2OS. The normalized spacial score (nSPS) is 24.0. The lowest BCUT2D eigenvalue weighted by atomic mass is 10.2. The molecule has 5 heteroatoms. The van der Waals surface area contributed by atoms with Gasteiger partial charge >= 0.3 is 0 Å². The Kier molecular flexibility index (Phi) is 5.63. The van der Waals surface area contributed by atoms with Crippen LogP contribution in [0.2, 0.25) is 0 Å². The summed E-state index contributed by atoms with van der Waals surface area (Å²) in [7, 11) is 4.15. The highest BCUT2D eigenvalue weighted by atomic mass is 79.9. The lowest BCUT2D eigenvalue weighted by molar-refractivity contribution is 0.0277. The number of nitrogens with zero attached hydrogens (tertiary/aromatic N) is 1. The third-order valence-electron chi connectivity index (χ3n) is 3.19. The zero-order valence-corrected chi connectivity index (χ0v) is 13.4. The summed E-state index contributed by atoms with van der Waals surface area (Å²) in [4.78, 5) is 3.75. The average Bonchev–Trinajstić information content (AvgIpc) is 2.89. The van der Waals surface area contributed by atoms with E-state index in [1.807, 2.05) is 7.05 Å². The van der Waals surface area contributed by atoms with E-state index in [-0.39, 0.29) is 0 Å². The molecule has 2 rings (SSSR count). The molecule has 0 bridgehead atoms. The number of hydrogen-bond donors (Lipinski definition) is 1. The molecule has 0 aromatic carbocycles. The molecule has 0 saturated carbocycles. The van der Waals surface area contributed by atoms with Crippen molar-refractivity contribution in [2.45, 2.75) is 31.6 Å². The smallest absolute Gasteiger partial charge is 0.0707 e. The fourth-order valence-corrected chi connectivity index (χ4v) is 3.94. The molecule has 1 aromatic heterocycles. The molecule has 2 atom stereocenters. The minimum atomic E-state index is 0.400. The predicted octanol–water partition coefficient (Wildman–Crippen LogP) is 2.71. The highest BCUT2D eigenvalue weighted by molar-refractivity contribution is 9.10. The molecule has 0 amide bonds. The third kappa shape index (κ3) is 4.31. The van der Waals surface area contributed by atoms with Crippen LogP contribution in [0.15, 0.2) is 15.9 Å². The Morgan fingerprint density at radius 2 is 2.28 bits per heavy atom. The first-order chi connectivity index (χ1) is 8.67. The number of thiophene rings is 1. The Balaban J connectivity index is 1.73. The van der Waals surface area contributed by atoms with E-state index >= 15 is 0 Å². The molecular weight excluding hydrogens is 312 g/mol. The second-order valence-corrected chi connectivity index (χ2v) is 6.85. The first-order valence-corrected chi connectivity index (χ1v) is 8.06. The Labute approximate surface area is 122 Å². The van der Waals surface area contributed by atoms with Gasteiger partial charge in [-0.3, -0.25) is 4.90 Å². The quantitative estimate of drug-likeness (QED) is 0.866. The van der Waals surface area contributed by atoms with Gasteiger partial charge in [-0.1, -0.05) is 0 Å². The van der Waals surface area contributed by atoms with Crippen LogP contribution in [0.1, 0.15) is 17.7 Å². The van der Waals surface area contributed by atoms with E-state index in [9.17, 15) is 0 Å². The van der Waals surface area contributed by atoms with E-state index in [1.165, 1.54) is 22.2 Å². The topological polar surface area (TPSA) is 24.5 Å². The van der Waals surface area contributed by atoms with Crippen molar-refractivity contribution >= 4 is 27.3 Å². The molecule has 2 heterocycles. The van der Waals surface area contributed by atoms with E-state index in [0.717, 1.165) is 19.6 Å². The zero-order chi connectivity index (χ0) is 13.0. The van der Waals surface area contributed by atoms with Crippen molar-refractivity contribution in [3.05, 3.63) is 20.8 Å². The van der Waals surface area contributed by atoms with Gasteiger partial charge in [0.2, 0.25) is 0 Å². The highest BCUT2D eigenvalue weighted by Gasteiger charge is 2.25. The van der Waals surface area contributed by atoms with Crippen LogP contribution in [-0.2, 0) is 11.3 Å². The first kappa shape index (κ1) is 14.5. The summed E-state index contributed by atoms with van der Waals surface area (Å²) in [6, 6.07) is 2.19. The van der Waals surface area contributed by atoms with Crippen LogP contribution >= 0.6 is 27.3 Å². The van der Waals surface area contributed by atoms with Crippen LogP contribution in [0.5, 0.6) is 0 Å². The molecule has 1 fully saturated rings. The molecule has 1 aromatic rings. The largest absolute Gasteiger partial charge is 0.372 e. The molecule has 2 unspecified atom stereocenters. The molecule has 0 radical (unpaired) electrons. The van der Waals surface area contributed by atoms with Gasteiger partial charge in [0, 0.05) is 34.4 Å². The van der Waals surface area contributed by atoms with Crippen LogP contribution in [0.25, 0.3) is 0 Å². The number of ether oxygens (including phenoxy) is 1. The van der Waals surface area contributed by atoms with Crippen molar-refractivity contribution in [2.24, 2.45) is 0 Å². The van der Waals surface area contributed by atoms with Crippen LogP contribution in [-0.4, -0.2) is 44.3 Å². The van der Waals surface area contributed by atoms with Crippen LogP contribution < -0.4 is 5.32 Å². The molecule has 0 spiro atoms. The summed E-state index contributed by atoms with van der Waals surface area (Å²) in [6.07, 6.45) is 3.18. The van der Waals surface area contributed by atoms with Crippen molar-refractivity contribution in [1.82, 2.24) is 10.2 Å². The van der Waals surface area contributed by atoms with E-state index in [2.05, 4.69) is 44.6 Å². The molecule has 3 nitrogen and oxygen atoms in total. The molecule has 1 aliphatic rings. The number of hydrogen-bond acceptors (Lipinski definition) is 4. The molecule has 1 N–H and O–H groups in total. The van der Waals surface area contributed by atoms with Gasteiger partial charge in [-0.15, -0.1) is 11.3 Å². The van der Waals surface area contributed by atoms with Gasteiger partial charge in [-0.25, -0.2) is 0 Å². The van der Waals surface area contributed by atoms with E-state index in [4.69, 9.17) is 4.74 Å². The minimum absolute atomic E-state index is 0.400. The Morgan fingerprint density at radius 1 is 1.50 bits per heavy atom. The monoisotopic (exact) mass is 332 g/mol. The van der Waals surface area contributed by atoms with Gasteiger partial charge in [0.05, 0.1) is 12.2 Å². The lowest BCUT2D eigenvalue weighted by Crippen LogP contribution is -2.30. The number of rotatable bonds is 6. The van der Waals surface area contributed by atoms with Gasteiger partial charge in [0.15, 0.2) is 0 Å². The van der Waals surface area contributed by atoms with Gasteiger partial charge in [0.1, 0.15) is 0 Å². The predicted molar refractivity (Wildman–Crippen MR) is 80.2 cm³/mol. The SMILES string of the molecule is CNCC1CCC(CN(C)Cc2cc(Br)cs2)O1. The molecule has 18 heavy (non-hydrogen) atoms.